The number of aromatic carboxylic acids is 1. The number of carboxylic acid groups (broad SMARTS) is 1. The third kappa shape index (κ3) is 3.17. The van der Waals surface area contributed by atoms with Crippen molar-refractivity contribution in [3.8, 4) is 0 Å². The number of nitrogens with one attached hydrogen (secondary N) is 1. The minimum atomic E-state index is -0.865. The summed E-state index contributed by atoms with van der Waals surface area (Å²) >= 11 is 1.64. The number of para-hydroxylation sites is 1. The van der Waals surface area contributed by atoms with Crippen LogP contribution in [0.25, 0.3) is 10.9 Å². The molecule has 2 aliphatic carbocycles. The average Bonchev–Trinajstić information content (AvgIpc) is 3.29. The number of thiazole rings is 1. The summed E-state index contributed by atoms with van der Waals surface area (Å²) in [4.78, 5) is 17.0. The van der Waals surface area contributed by atoms with Gasteiger partial charge in [0.1, 0.15) is 10.7 Å². The Hall–Kier alpha value is -2.18. The second-order valence-electron chi connectivity index (χ2n) is 7.68. The molecule has 0 radical (unpaired) electrons. The van der Waals surface area contributed by atoms with Crippen LogP contribution in [0.2, 0.25) is 0 Å². The second-order valence-corrected chi connectivity index (χ2v) is 8.63. The van der Waals surface area contributed by atoms with Gasteiger partial charge in [-0.1, -0.05) is 24.6 Å². The zero-order chi connectivity index (χ0) is 18.4. The van der Waals surface area contributed by atoms with E-state index in [9.17, 15) is 9.90 Å². The molecule has 0 spiro atoms. The highest BCUT2D eigenvalue weighted by Crippen LogP contribution is 2.40. The first-order valence-electron chi connectivity index (χ1n) is 9.72. The molecule has 5 rings (SSSR count). The zero-order valence-electron chi connectivity index (χ0n) is 15.1. The molecule has 1 aromatic carbocycles. The summed E-state index contributed by atoms with van der Waals surface area (Å²) in [6, 6.07) is 8.54. The first-order chi connectivity index (χ1) is 13.2. The van der Waals surface area contributed by atoms with Crippen molar-refractivity contribution in [2.75, 3.05) is 0 Å². The molecule has 0 amide bonds. The van der Waals surface area contributed by atoms with Gasteiger partial charge < -0.3 is 15.0 Å². The van der Waals surface area contributed by atoms with Crippen LogP contribution in [-0.4, -0.2) is 26.7 Å². The lowest BCUT2D eigenvalue weighted by Crippen LogP contribution is -2.34. The Bertz CT molecular complexity index is 998. The van der Waals surface area contributed by atoms with Crippen LogP contribution in [0.15, 0.2) is 29.6 Å². The number of carbonyl (C=O) groups is 1. The van der Waals surface area contributed by atoms with E-state index in [1.54, 1.807) is 11.3 Å². The smallest absolute Gasteiger partial charge is 0.352 e. The largest absolute Gasteiger partial charge is 0.477 e. The summed E-state index contributed by atoms with van der Waals surface area (Å²) in [5.74, 6) is -0.242. The zero-order valence-corrected chi connectivity index (χ0v) is 16.0. The third-order valence-electron chi connectivity index (χ3n) is 5.81. The van der Waals surface area contributed by atoms with E-state index in [0.29, 0.717) is 30.7 Å². The number of hydrogen-bond donors (Lipinski definition) is 2. The van der Waals surface area contributed by atoms with Gasteiger partial charge in [0.25, 0.3) is 0 Å². The van der Waals surface area contributed by atoms with E-state index in [-0.39, 0.29) is 0 Å². The first-order valence-corrected chi connectivity index (χ1v) is 10.6. The molecule has 0 saturated heterocycles. The van der Waals surface area contributed by atoms with E-state index in [4.69, 9.17) is 4.98 Å². The van der Waals surface area contributed by atoms with E-state index in [2.05, 4.69) is 10.7 Å². The molecule has 2 aliphatic rings. The molecule has 2 aromatic heterocycles. The highest BCUT2D eigenvalue weighted by atomic mass is 32.1. The fourth-order valence-electron chi connectivity index (χ4n) is 3.92. The normalized spacial score (nSPS) is 17.3. The van der Waals surface area contributed by atoms with Gasteiger partial charge in [0.2, 0.25) is 0 Å². The number of hydrogen-bond acceptors (Lipinski definition) is 4. The van der Waals surface area contributed by atoms with E-state index >= 15 is 0 Å². The van der Waals surface area contributed by atoms with Crippen LogP contribution in [0.1, 0.15) is 64.8 Å². The minimum absolute atomic E-state index is 0.395. The molecule has 0 bridgehead atoms. The highest BCUT2D eigenvalue weighted by molar-refractivity contribution is 7.09. The van der Waals surface area contributed by atoms with E-state index in [1.165, 1.54) is 37.8 Å². The number of rotatable bonds is 7. The average molecular weight is 382 g/mol. The van der Waals surface area contributed by atoms with Gasteiger partial charge in [0.15, 0.2) is 0 Å². The van der Waals surface area contributed by atoms with Gasteiger partial charge in [0, 0.05) is 40.4 Å². The summed E-state index contributed by atoms with van der Waals surface area (Å²) < 4.78 is 1.94. The molecular formula is C21H23N3O2S. The molecule has 5 nitrogen and oxygen atoms in total. The van der Waals surface area contributed by atoms with E-state index in [1.807, 2.05) is 28.8 Å². The van der Waals surface area contributed by atoms with Crippen LogP contribution < -0.4 is 5.32 Å². The van der Waals surface area contributed by atoms with Crippen molar-refractivity contribution in [1.29, 1.82) is 0 Å². The van der Waals surface area contributed by atoms with Crippen molar-refractivity contribution in [3.63, 3.8) is 0 Å². The van der Waals surface area contributed by atoms with Gasteiger partial charge >= 0.3 is 5.97 Å². The van der Waals surface area contributed by atoms with Crippen molar-refractivity contribution in [2.45, 2.75) is 57.2 Å². The molecule has 27 heavy (non-hydrogen) atoms. The molecule has 6 heteroatoms. The van der Waals surface area contributed by atoms with Crippen LogP contribution in [-0.2, 0) is 13.1 Å². The van der Waals surface area contributed by atoms with Crippen LogP contribution in [0, 0.1) is 0 Å². The molecule has 0 unspecified atom stereocenters. The Balaban J connectivity index is 1.54. The van der Waals surface area contributed by atoms with Gasteiger partial charge in [-0.3, -0.25) is 0 Å². The molecule has 0 atom stereocenters. The highest BCUT2D eigenvalue weighted by Gasteiger charge is 2.27. The third-order valence-corrected chi connectivity index (χ3v) is 6.66. The van der Waals surface area contributed by atoms with Crippen molar-refractivity contribution < 1.29 is 9.90 Å². The van der Waals surface area contributed by atoms with Crippen LogP contribution in [0.5, 0.6) is 0 Å². The summed E-state index contributed by atoms with van der Waals surface area (Å²) in [7, 11) is 0. The topological polar surface area (TPSA) is 67.2 Å². The quantitative estimate of drug-likeness (QED) is 0.638. The standard InChI is InChI=1S/C21H23N3O2S/c25-21(26)20-16(10-22-14-4-3-5-14)15-6-1-2-7-18(15)24(20)11-19-23-17(12-27-19)13-8-9-13/h1-2,6-7,12-14,22H,3-5,8-11H2,(H,25,26). The second kappa shape index (κ2) is 6.77. The van der Waals surface area contributed by atoms with Gasteiger partial charge in [-0.2, -0.15) is 0 Å². The monoisotopic (exact) mass is 381 g/mol. The van der Waals surface area contributed by atoms with Crippen molar-refractivity contribution in [1.82, 2.24) is 14.9 Å². The molecule has 3 aromatic rings. The molecule has 2 N–H and O–H groups in total. The fraction of sp³-hybridized carbons (Fsp3) is 0.429. The number of benzene rings is 1. The lowest BCUT2D eigenvalue weighted by molar-refractivity contribution is 0.0684. The maximum absolute atomic E-state index is 12.2. The predicted octanol–water partition coefficient (Wildman–Crippen LogP) is 4.36. The van der Waals surface area contributed by atoms with Crippen molar-refractivity contribution in [3.05, 3.63) is 51.6 Å². The molecular weight excluding hydrogens is 358 g/mol. The van der Waals surface area contributed by atoms with Gasteiger partial charge in [-0.15, -0.1) is 11.3 Å². The Morgan fingerprint density at radius 1 is 1.26 bits per heavy atom. The molecule has 0 aliphatic heterocycles. The molecule has 2 fully saturated rings. The Labute approximate surface area is 162 Å². The fourth-order valence-corrected chi connectivity index (χ4v) is 4.78. The number of fused-ring (bicyclic) bond motifs is 1. The van der Waals surface area contributed by atoms with E-state index < -0.39 is 5.97 Å². The Morgan fingerprint density at radius 3 is 2.78 bits per heavy atom. The molecule has 2 heterocycles. The summed E-state index contributed by atoms with van der Waals surface area (Å²) in [5, 5.41) is 17.7. The minimum Gasteiger partial charge on any atom is -0.477 e. The Morgan fingerprint density at radius 2 is 2.07 bits per heavy atom. The van der Waals surface area contributed by atoms with Gasteiger partial charge in [-0.25, -0.2) is 9.78 Å². The summed E-state index contributed by atoms with van der Waals surface area (Å²) in [6.45, 7) is 1.12. The molecule has 140 valence electrons. The maximum atomic E-state index is 12.2. The SMILES string of the molecule is O=C(O)c1c(CNC2CCC2)c2ccccc2n1Cc1nc(C2CC2)cs1. The summed E-state index contributed by atoms with van der Waals surface area (Å²) in [6.07, 6.45) is 6.09. The van der Waals surface area contributed by atoms with Crippen molar-refractivity contribution in [2.24, 2.45) is 0 Å². The lowest BCUT2D eigenvalue weighted by atomic mass is 9.93. The van der Waals surface area contributed by atoms with E-state index in [0.717, 1.165) is 21.5 Å². The number of aromatic nitrogens is 2. The van der Waals surface area contributed by atoms with Crippen LogP contribution in [0.3, 0.4) is 0 Å². The summed E-state index contributed by atoms with van der Waals surface area (Å²) in [5.41, 5.74) is 3.44. The number of carboxylic acids is 1. The lowest BCUT2D eigenvalue weighted by Gasteiger charge is -2.26. The first kappa shape index (κ1) is 17.0. The van der Waals surface area contributed by atoms with Crippen molar-refractivity contribution >= 4 is 28.2 Å². The van der Waals surface area contributed by atoms with Gasteiger partial charge in [0.05, 0.1) is 12.2 Å². The van der Waals surface area contributed by atoms with Crippen LogP contribution >= 0.6 is 11.3 Å². The van der Waals surface area contributed by atoms with Gasteiger partial charge in [-0.05, 0) is 31.7 Å². The predicted molar refractivity (Wildman–Crippen MR) is 107 cm³/mol. The molecule has 2 saturated carbocycles. The maximum Gasteiger partial charge on any atom is 0.352 e. The Kier molecular flexibility index (Phi) is 4.25. The number of nitrogens with zero attached hydrogens (tertiary/aromatic N) is 2. The van der Waals surface area contributed by atoms with Crippen LogP contribution in [0.4, 0.5) is 0 Å².